The minimum atomic E-state index is -0.508. The molecule has 6 nitrogen and oxygen atoms in total. The predicted octanol–water partition coefficient (Wildman–Crippen LogP) is 1.16. The lowest BCUT2D eigenvalue weighted by Crippen LogP contribution is -2.43. The van der Waals surface area contributed by atoms with Crippen LogP contribution in [0.4, 0.5) is 4.79 Å². The highest BCUT2D eigenvalue weighted by Gasteiger charge is 2.11. The number of carbonyl (C=O) groups excluding carboxylic acids is 2. The van der Waals surface area contributed by atoms with Gasteiger partial charge in [0.1, 0.15) is 6.61 Å². The molecular weight excluding hydrogens is 270 g/mol. The molecule has 0 saturated carbocycles. The molecule has 0 aliphatic carbocycles. The van der Waals surface area contributed by atoms with Gasteiger partial charge in [0.05, 0.1) is 6.04 Å². The zero-order chi connectivity index (χ0) is 15.5. The quantitative estimate of drug-likeness (QED) is 0.627. The number of hydrogen-bond acceptors (Lipinski definition) is 4. The lowest BCUT2D eigenvalue weighted by atomic mass is 10.2. The van der Waals surface area contributed by atoms with Crippen molar-refractivity contribution in [3.8, 4) is 0 Å². The van der Waals surface area contributed by atoms with Gasteiger partial charge < -0.3 is 21.1 Å². The molecule has 6 heteroatoms. The van der Waals surface area contributed by atoms with E-state index in [1.165, 1.54) is 0 Å². The van der Waals surface area contributed by atoms with Crippen LogP contribution in [0.15, 0.2) is 30.3 Å². The van der Waals surface area contributed by atoms with Crippen molar-refractivity contribution in [3.05, 3.63) is 35.9 Å². The molecule has 0 aliphatic rings. The molecule has 0 aromatic heterocycles. The van der Waals surface area contributed by atoms with Gasteiger partial charge >= 0.3 is 6.09 Å². The summed E-state index contributed by atoms with van der Waals surface area (Å²) in [7, 11) is 0. The van der Waals surface area contributed by atoms with Gasteiger partial charge in [0.2, 0.25) is 5.91 Å². The fraction of sp³-hybridized carbons (Fsp3) is 0.467. The van der Waals surface area contributed by atoms with Crippen molar-refractivity contribution in [1.82, 2.24) is 10.6 Å². The molecule has 0 aliphatic heterocycles. The van der Waals surface area contributed by atoms with Gasteiger partial charge in [-0.25, -0.2) is 4.79 Å². The lowest BCUT2D eigenvalue weighted by Gasteiger charge is -2.11. The van der Waals surface area contributed by atoms with Crippen molar-refractivity contribution in [3.63, 3.8) is 0 Å². The molecule has 4 N–H and O–H groups in total. The summed E-state index contributed by atoms with van der Waals surface area (Å²) >= 11 is 0. The Morgan fingerprint density at radius 3 is 2.52 bits per heavy atom. The normalized spacial score (nSPS) is 11.5. The number of rotatable bonds is 8. The molecule has 21 heavy (non-hydrogen) atoms. The van der Waals surface area contributed by atoms with Gasteiger partial charge in [0, 0.05) is 13.1 Å². The van der Waals surface area contributed by atoms with E-state index < -0.39 is 12.1 Å². The fourth-order valence-electron chi connectivity index (χ4n) is 1.70. The van der Waals surface area contributed by atoms with Crippen molar-refractivity contribution in [1.29, 1.82) is 0 Å². The zero-order valence-corrected chi connectivity index (χ0v) is 12.3. The number of ether oxygens (including phenoxy) is 1. The van der Waals surface area contributed by atoms with Crippen molar-refractivity contribution in [2.45, 2.75) is 32.4 Å². The third-order valence-corrected chi connectivity index (χ3v) is 2.84. The van der Waals surface area contributed by atoms with E-state index in [0.717, 1.165) is 12.0 Å². The Kier molecular flexibility index (Phi) is 7.89. The Hall–Kier alpha value is -2.08. The number of hydrogen-bond donors (Lipinski definition) is 3. The summed E-state index contributed by atoms with van der Waals surface area (Å²) in [6.07, 6.45) is 1.00. The Morgan fingerprint density at radius 1 is 1.19 bits per heavy atom. The van der Waals surface area contributed by atoms with Gasteiger partial charge in [-0.3, -0.25) is 4.79 Å². The molecule has 1 rings (SSSR count). The van der Waals surface area contributed by atoms with Crippen molar-refractivity contribution in [2.75, 3.05) is 13.1 Å². The van der Waals surface area contributed by atoms with Crippen LogP contribution in [0.5, 0.6) is 0 Å². The summed E-state index contributed by atoms with van der Waals surface area (Å²) < 4.78 is 5.03. The van der Waals surface area contributed by atoms with Crippen LogP contribution in [-0.2, 0) is 16.1 Å². The van der Waals surface area contributed by atoms with Crippen LogP contribution < -0.4 is 16.4 Å². The highest BCUT2D eigenvalue weighted by atomic mass is 16.5. The molecule has 116 valence electrons. The van der Waals surface area contributed by atoms with E-state index >= 15 is 0 Å². The molecular formula is C15H23N3O3. The van der Waals surface area contributed by atoms with Gasteiger partial charge in [-0.05, 0) is 12.0 Å². The minimum absolute atomic E-state index is 0.198. The summed E-state index contributed by atoms with van der Waals surface area (Å²) in [5.41, 5.74) is 6.58. The Morgan fingerprint density at radius 2 is 1.86 bits per heavy atom. The predicted molar refractivity (Wildman–Crippen MR) is 80.5 cm³/mol. The van der Waals surface area contributed by atoms with Gasteiger partial charge in [-0.2, -0.15) is 0 Å². The number of nitrogens with two attached hydrogens (primary N) is 1. The summed E-state index contributed by atoms with van der Waals surface area (Å²) in [4.78, 5) is 22.9. The Labute approximate surface area is 125 Å². The summed E-state index contributed by atoms with van der Waals surface area (Å²) in [5, 5.41) is 5.22. The summed E-state index contributed by atoms with van der Waals surface area (Å²) in [6, 6.07) is 8.93. The van der Waals surface area contributed by atoms with Crippen LogP contribution in [0.1, 0.15) is 25.3 Å². The van der Waals surface area contributed by atoms with Crippen LogP contribution in [0.25, 0.3) is 0 Å². The first-order chi connectivity index (χ1) is 10.1. The second-order valence-electron chi connectivity index (χ2n) is 4.67. The monoisotopic (exact) mass is 293 g/mol. The maximum atomic E-state index is 11.5. The van der Waals surface area contributed by atoms with Crippen LogP contribution in [0.2, 0.25) is 0 Å². The van der Waals surface area contributed by atoms with E-state index in [0.29, 0.717) is 19.5 Å². The molecule has 2 amide bonds. The Balaban J connectivity index is 2.09. The standard InChI is InChI=1S/C15H23N3O3/c1-2-6-13(16)14(19)17-9-10-18-15(20)21-11-12-7-4-3-5-8-12/h3-5,7-8,13H,2,6,9-11,16H2,1H3,(H,17,19)(H,18,20). The topological polar surface area (TPSA) is 93.5 Å². The lowest BCUT2D eigenvalue weighted by molar-refractivity contribution is -0.122. The molecule has 0 heterocycles. The van der Waals surface area contributed by atoms with E-state index in [2.05, 4.69) is 10.6 Å². The number of nitrogens with one attached hydrogen (secondary N) is 2. The first kappa shape index (κ1) is 17.0. The molecule has 1 aromatic carbocycles. The van der Waals surface area contributed by atoms with Crippen LogP contribution in [-0.4, -0.2) is 31.1 Å². The van der Waals surface area contributed by atoms with Gasteiger partial charge in [-0.15, -0.1) is 0 Å². The Bertz CT molecular complexity index is 437. The highest BCUT2D eigenvalue weighted by molar-refractivity contribution is 5.81. The first-order valence-electron chi connectivity index (χ1n) is 7.11. The molecule has 1 atom stereocenters. The molecule has 0 fully saturated rings. The third kappa shape index (κ3) is 7.31. The first-order valence-corrected chi connectivity index (χ1v) is 7.11. The third-order valence-electron chi connectivity index (χ3n) is 2.84. The van der Waals surface area contributed by atoms with Crippen LogP contribution >= 0.6 is 0 Å². The largest absolute Gasteiger partial charge is 0.445 e. The average molecular weight is 293 g/mol. The van der Waals surface area contributed by atoms with Crippen molar-refractivity contribution < 1.29 is 14.3 Å². The van der Waals surface area contributed by atoms with Gasteiger partial charge in [-0.1, -0.05) is 43.7 Å². The fourth-order valence-corrected chi connectivity index (χ4v) is 1.70. The molecule has 0 radical (unpaired) electrons. The minimum Gasteiger partial charge on any atom is -0.445 e. The van der Waals surface area contributed by atoms with E-state index in [-0.39, 0.29) is 12.5 Å². The molecule has 0 spiro atoms. The second-order valence-corrected chi connectivity index (χ2v) is 4.67. The molecule has 0 saturated heterocycles. The molecule has 0 bridgehead atoms. The molecule has 1 aromatic rings. The number of carbonyl (C=O) groups is 2. The van der Waals surface area contributed by atoms with E-state index in [1.54, 1.807) is 0 Å². The van der Waals surface area contributed by atoms with Gasteiger partial charge in [0.25, 0.3) is 0 Å². The molecule has 1 unspecified atom stereocenters. The SMILES string of the molecule is CCCC(N)C(=O)NCCNC(=O)OCc1ccccc1. The summed E-state index contributed by atoms with van der Waals surface area (Å²) in [6.45, 7) is 2.83. The van der Waals surface area contributed by atoms with Gasteiger partial charge in [0.15, 0.2) is 0 Å². The van der Waals surface area contributed by atoms with E-state index in [9.17, 15) is 9.59 Å². The van der Waals surface area contributed by atoms with Crippen molar-refractivity contribution in [2.24, 2.45) is 5.73 Å². The zero-order valence-electron chi connectivity index (χ0n) is 12.3. The average Bonchev–Trinajstić information content (AvgIpc) is 2.50. The van der Waals surface area contributed by atoms with Crippen LogP contribution in [0.3, 0.4) is 0 Å². The maximum absolute atomic E-state index is 11.5. The smallest absolute Gasteiger partial charge is 0.407 e. The second kappa shape index (κ2) is 9.77. The van der Waals surface area contributed by atoms with Crippen molar-refractivity contribution >= 4 is 12.0 Å². The summed E-state index contributed by atoms with van der Waals surface area (Å²) in [5.74, 6) is -0.198. The number of benzene rings is 1. The maximum Gasteiger partial charge on any atom is 0.407 e. The number of alkyl carbamates (subject to hydrolysis) is 1. The van der Waals surface area contributed by atoms with Crippen LogP contribution in [0, 0.1) is 0 Å². The highest BCUT2D eigenvalue weighted by Crippen LogP contribution is 2.00. The van der Waals surface area contributed by atoms with E-state index in [1.807, 2.05) is 37.3 Å². The number of amides is 2. The van der Waals surface area contributed by atoms with E-state index in [4.69, 9.17) is 10.5 Å².